The van der Waals surface area contributed by atoms with Gasteiger partial charge in [0.15, 0.2) is 0 Å². The van der Waals surface area contributed by atoms with Crippen molar-refractivity contribution in [3.8, 4) is 0 Å². The molecule has 0 aromatic rings. The van der Waals surface area contributed by atoms with Crippen molar-refractivity contribution in [2.75, 3.05) is 33.4 Å². The van der Waals surface area contributed by atoms with Crippen LogP contribution in [0.3, 0.4) is 0 Å². The van der Waals surface area contributed by atoms with Crippen molar-refractivity contribution in [3.05, 3.63) is 0 Å². The van der Waals surface area contributed by atoms with Crippen LogP contribution in [0.4, 0.5) is 4.79 Å². The summed E-state index contributed by atoms with van der Waals surface area (Å²) in [6, 6.07) is -0.798. The molecule has 2 aliphatic rings. The molecule has 1 N–H and O–H groups in total. The van der Waals surface area contributed by atoms with Gasteiger partial charge in [-0.15, -0.1) is 0 Å². The maximum atomic E-state index is 12.6. The number of rotatable bonds is 3. The molecule has 0 radical (unpaired) electrons. The highest BCUT2D eigenvalue weighted by atomic mass is 16.5. The zero-order valence-corrected chi connectivity index (χ0v) is 12.2. The monoisotopic (exact) mass is 284 g/mol. The smallest absolute Gasteiger partial charge is 0.326 e. The minimum absolute atomic E-state index is 0.0241. The molecule has 3 atom stereocenters. The summed E-state index contributed by atoms with van der Waals surface area (Å²) < 4.78 is 5.17. The first-order valence-corrected chi connectivity index (χ1v) is 7.32. The van der Waals surface area contributed by atoms with Crippen LogP contribution < -0.4 is 0 Å². The molecule has 0 bridgehead atoms. The Morgan fingerprint density at radius 1 is 1.30 bits per heavy atom. The number of amides is 2. The van der Waals surface area contributed by atoms with Gasteiger partial charge in [-0.2, -0.15) is 0 Å². The van der Waals surface area contributed by atoms with Crippen LogP contribution in [0.15, 0.2) is 0 Å². The van der Waals surface area contributed by atoms with Crippen molar-refractivity contribution >= 4 is 12.0 Å². The van der Waals surface area contributed by atoms with Crippen LogP contribution in [0.25, 0.3) is 0 Å². The van der Waals surface area contributed by atoms with Crippen LogP contribution in [-0.4, -0.2) is 66.3 Å². The Bertz CT molecular complexity index is 372. The number of urea groups is 1. The van der Waals surface area contributed by atoms with Gasteiger partial charge in [-0.25, -0.2) is 9.59 Å². The predicted octanol–water partition coefficient (Wildman–Crippen LogP) is 1.26. The minimum atomic E-state index is -0.895. The molecule has 0 aromatic heterocycles. The molecular formula is C14H24N2O4. The first-order valence-electron chi connectivity index (χ1n) is 7.32. The summed E-state index contributed by atoms with van der Waals surface area (Å²) in [7, 11) is 1.67. The summed E-state index contributed by atoms with van der Waals surface area (Å²) in [4.78, 5) is 27.2. The zero-order chi connectivity index (χ0) is 14.7. The molecule has 0 aliphatic carbocycles. The van der Waals surface area contributed by atoms with E-state index in [-0.39, 0.29) is 11.9 Å². The van der Waals surface area contributed by atoms with Gasteiger partial charge in [0.1, 0.15) is 6.04 Å². The second-order valence-corrected chi connectivity index (χ2v) is 5.93. The van der Waals surface area contributed by atoms with Gasteiger partial charge < -0.3 is 19.6 Å². The number of carboxylic acid groups (broad SMARTS) is 1. The standard InChI is InChI=1S/C14H24N2O4/c1-10-5-7-16(12(10)13(17)18)14(19)15-6-3-4-11(8-15)9-20-2/h10-12H,3-9H2,1-2H3,(H,17,18). The highest BCUT2D eigenvalue weighted by molar-refractivity contribution is 5.83. The van der Waals surface area contributed by atoms with Crippen molar-refractivity contribution in [2.24, 2.45) is 11.8 Å². The number of hydrogen-bond donors (Lipinski definition) is 1. The fourth-order valence-corrected chi connectivity index (χ4v) is 3.33. The number of methoxy groups -OCH3 is 1. The summed E-state index contributed by atoms with van der Waals surface area (Å²) in [6.45, 7) is 4.49. The average Bonchev–Trinajstić information content (AvgIpc) is 2.80. The fourth-order valence-electron chi connectivity index (χ4n) is 3.33. The van der Waals surface area contributed by atoms with E-state index in [1.54, 1.807) is 12.0 Å². The van der Waals surface area contributed by atoms with E-state index in [9.17, 15) is 14.7 Å². The van der Waals surface area contributed by atoms with Gasteiger partial charge in [0.05, 0.1) is 6.61 Å². The number of carbonyl (C=O) groups is 2. The van der Waals surface area contributed by atoms with Crippen LogP contribution >= 0.6 is 0 Å². The fraction of sp³-hybridized carbons (Fsp3) is 0.857. The Hall–Kier alpha value is -1.30. The molecule has 6 heteroatoms. The van der Waals surface area contributed by atoms with Gasteiger partial charge in [-0.1, -0.05) is 6.92 Å². The molecule has 2 fully saturated rings. The van der Waals surface area contributed by atoms with Gasteiger partial charge in [0.25, 0.3) is 0 Å². The summed E-state index contributed by atoms with van der Waals surface area (Å²) in [5, 5.41) is 9.31. The lowest BCUT2D eigenvalue weighted by Crippen LogP contribution is -2.52. The van der Waals surface area contributed by atoms with E-state index in [1.807, 2.05) is 6.92 Å². The van der Waals surface area contributed by atoms with E-state index in [1.165, 1.54) is 4.90 Å². The van der Waals surface area contributed by atoms with Crippen molar-refractivity contribution in [1.29, 1.82) is 0 Å². The number of likely N-dealkylation sites (tertiary alicyclic amines) is 2. The minimum Gasteiger partial charge on any atom is -0.480 e. The van der Waals surface area contributed by atoms with Crippen molar-refractivity contribution in [3.63, 3.8) is 0 Å². The summed E-state index contributed by atoms with van der Waals surface area (Å²) in [5.41, 5.74) is 0. The summed E-state index contributed by atoms with van der Waals surface area (Å²) in [5.74, 6) is -0.509. The van der Waals surface area contributed by atoms with Crippen LogP contribution in [0.5, 0.6) is 0 Å². The van der Waals surface area contributed by atoms with Gasteiger partial charge in [-0.3, -0.25) is 0 Å². The third-order valence-corrected chi connectivity index (χ3v) is 4.39. The first-order chi connectivity index (χ1) is 9.54. The third kappa shape index (κ3) is 3.06. The first kappa shape index (κ1) is 15.1. The Morgan fingerprint density at radius 3 is 2.70 bits per heavy atom. The molecule has 6 nitrogen and oxygen atoms in total. The molecular weight excluding hydrogens is 260 g/mol. The third-order valence-electron chi connectivity index (χ3n) is 4.39. The van der Waals surface area contributed by atoms with Gasteiger partial charge >= 0.3 is 12.0 Å². The highest BCUT2D eigenvalue weighted by Gasteiger charge is 2.41. The molecule has 3 unspecified atom stereocenters. The summed E-state index contributed by atoms with van der Waals surface area (Å²) in [6.07, 6.45) is 2.79. The highest BCUT2D eigenvalue weighted by Crippen LogP contribution is 2.27. The number of nitrogens with zero attached hydrogens (tertiary/aromatic N) is 2. The summed E-state index contributed by atoms with van der Waals surface area (Å²) >= 11 is 0. The Morgan fingerprint density at radius 2 is 2.05 bits per heavy atom. The SMILES string of the molecule is COCC1CCCN(C(=O)N2CCC(C)C2C(=O)O)C1. The Balaban J connectivity index is 2.01. The molecule has 2 aliphatic heterocycles. The molecule has 2 heterocycles. The molecule has 2 saturated heterocycles. The number of carboxylic acids is 1. The van der Waals surface area contributed by atoms with Crippen molar-refractivity contribution in [2.45, 2.75) is 32.2 Å². The molecule has 20 heavy (non-hydrogen) atoms. The quantitative estimate of drug-likeness (QED) is 0.847. The Labute approximate surface area is 119 Å². The topological polar surface area (TPSA) is 70.1 Å². The molecule has 2 amide bonds. The van der Waals surface area contributed by atoms with Crippen molar-refractivity contribution in [1.82, 2.24) is 9.80 Å². The lowest BCUT2D eigenvalue weighted by Gasteiger charge is -2.36. The second-order valence-electron chi connectivity index (χ2n) is 5.93. The van der Waals surface area contributed by atoms with Gasteiger partial charge in [-0.05, 0) is 25.2 Å². The normalized spacial score (nSPS) is 30.6. The number of hydrogen-bond acceptors (Lipinski definition) is 3. The van der Waals surface area contributed by atoms with Gasteiger partial charge in [0.2, 0.25) is 0 Å². The molecule has 114 valence electrons. The van der Waals surface area contributed by atoms with E-state index in [4.69, 9.17) is 4.74 Å². The van der Waals surface area contributed by atoms with Crippen LogP contribution in [0.1, 0.15) is 26.2 Å². The van der Waals surface area contributed by atoms with Crippen LogP contribution in [-0.2, 0) is 9.53 Å². The maximum absolute atomic E-state index is 12.6. The van der Waals surface area contributed by atoms with Crippen LogP contribution in [0.2, 0.25) is 0 Å². The van der Waals surface area contributed by atoms with E-state index < -0.39 is 12.0 Å². The van der Waals surface area contributed by atoms with E-state index >= 15 is 0 Å². The number of ether oxygens (including phenoxy) is 1. The zero-order valence-electron chi connectivity index (χ0n) is 12.2. The van der Waals surface area contributed by atoms with Crippen LogP contribution in [0, 0.1) is 11.8 Å². The lowest BCUT2D eigenvalue weighted by molar-refractivity contribution is -0.142. The predicted molar refractivity (Wildman–Crippen MR) is 73.5 cm³/mol. The van der Waals surface area contributed by atoms with Crippen molar-refractivity contribution < 1.29 is 19.4 Å². The molecule has 0 aromatic carbocycles. The molecule has 0 saturated carbocycles. The Kier molecular flexibility index (Phi) is 4.86. The molecule has 2 rings (SSSR count). The van der Waals surface area contributed by atoms with E-state index in [0.29, 0.717) is 25.6 Å². The average molecular weight is 284 g/mol. The van der Waals surface area contributed by atoms with Gasteiger partial charge in [0, 0.05) is 32.7 Å². The lowest BCUT2D eigenvalue weighted by atomic mass is 9.99. The number of aliphatic carboxylic acids is 1. The number of piperidine rings is 1. The van der Waals surface area contributed by atoms with E-state index in [2.05, 4.69) is 0 Å². The maximum Gasteiger partial charge on any atom is 0.326 e. The number of carbonyl (C=O) groups excluding carboxylic acids is 1. The second kappa shape index (κ2) is 6.43. The largest absolute Gasteiger partial charge is 0.480 e. The molecule has 0 spiro atoms. The van der Waals surface area contributed by atoms with E-state index in [0.717, 1.165) is 25.8 Å².